The lowest BCUT2D eigenvalue weighted by Gasteiger charge is -2.37. The average molecular weight is 974 g/mol. The Kier molecular flexibility index (Phi) is 13.3. The zero-order chi connectivity index (χ0) is 49.3. The van der Waals surface area contributed by atoms with Crippen molar-refractivity contribution in [2.75, 3.05) is 41.8 Å². The van der Waals surface area contributed by atoms with Gasteiger partial charge in [0.05, 0.1) is 40.5 Å². The van der Waals surface area contributed by atoms with Crippen molar-refractivity contribution in [2.24, 2.45) is 13.0 Å². The first-order chi connectivity index (χ1) is 34.3. The summed E-state index contributed by atoms with van der Waals surface area (Å²) in [7, 11) is 1.81. The Bertz CT molecular complexity index is 3210. The van der Waals surface area contributed by atoms with Crippen LogP contribution in [0.1, 0.15) is 94.6 Å². The molecule has 16 nitrogen and oxygen atoms in total. The summed E-state index contributed by atoms with van der Waals surface area (Å²) in [6.45, 7) is 6.80. The quantitative estimate of drug-likeness (QED) is 0.0599. The standard InChI is InChI=1S/C54H55N9O7S/c1-31-26-36(70-25-7-8-33-21-23-62(32(2)27-33)30-48(65)55-35-13-15-40-44(28-35)61(3)60-49(40)41-18-20-47(64)58-52(41)67)14-16-37(31)38-17-19-46(57-50(38)53(68)69)63-24-22-34-9-6-10-39(42(34)29-63)51(66)59-54-56-43-11-4-5-12-45(43)71-54/h4-6,9-17,19,26,28,32-33,41H,7-8,18,20-25,27,29-30H2,1-3H3,(H,55,65)(H,68,69)(H,56,59,66)(H,58,64,67)/t32-,33-,41?/m0/s1. The van der Waals surface area contributed by atoms with E-state index in [0.29, 0.717) is 77.7 Å². The van der Waals surface area contributed by atoms with Crippen LogP contribution >= 0.6 is 11.3 Å². The van der Waals surface area contributed by atoms with Gasteiger partial charge in [-0.2, -0.15) is 5.10 Å². The van der Waals surface area contributed by atoms with Crippen molar-refractivity contribution in [3.8, 4) is 16.9 Å². The van der Waals surface area contributed by atoms with Crippen LogP contribution in [-0.4, -0.2) is 91.6 Å². The summed E-state index contributed by atoms with van der Waals surface area (Å²) in [6.07, 6.45) is 5.23. The number of carbonyl (C=O) groups excluding carboxylic acids is 4. The number of aromatic carboxylic acids is 1. The third-order valence-electron chi connectivity index (χ3n) is 14.2. The van der Waals surface area contributed by atoms with Crippen LogP contribution in [0, 0.1) is 12.8 Å². The molecule has 4 aromatic carbocycles. The molecule has 7 aromatic rings. The molecule has 0 spiro atoms. The lowest BCUT2D eigenvalue weighted by molar-refractivity contribution is -0.134. The van der Waals surface area contributed by atoms with E-state index in [4.69, 9.17) is 9.72 Å². The average Bonchev–Trinajstić information content (AvgIpc) is 3.92. The molecule has 0 saturated carbocycles. The largest absolute Gasteiger partial charge is 0.494 e. The number of hydrogen-bond acceptors (Lipinski definition) is 12. The molecule has 364 valence electrons. The monoisotopic (exact) mass is 973 g/mol. The maximum atomic E-state index is 13.6. The van der Waals surface area contributed by atoms with Gasteiger partial charge >= 0.3 is 5.97 Å². The second-order valence-corrected chi connectivity index (χ2v) is 19.9. The van der Waals surface area contributed by atoms with Crippen molar-refractivity contribution in [2.45, 2.75) is 77.3 Å². The van der Waals surface area contributed by atoms with E-state index in [9.17, 15) is 29.1 Å². The van der Waals surface area contributed by atoms with Crippen LogP contribution in [0.2, 0.25) is 0 Å². The van der Waals surface area contributed by atoms with E-state index in [0.717, 1.165) is 75.6 Å². The highest BCUT2D eigenvalue weighted by molar-refractivity contribution is 7.22. The number of benzene rings is 4. The molecule has 6 heterocycles. The second-order valence-electron chi connectivity index (χ2n) is 18.9. The fraction of sp³-hybridized carbons (Fsp3) is 0.333. The van der Waals surface area contributed by atoms with Crippen molar-refractivity contribution in [1.29, 1.82) is 0 Å². The molecular formula is C54H55N9O7S. The lowest BCUT2D eigenvalue weighted by Crippen LogP contribution is -2.44. The van der Waals surface area contributed by atoms with Crippen molar-refractivity contribution in [1.82, 2.24) is 30.0 Å². The summed E-state index contributed by atoms with van der Waals surface area (Å²) in [5, 5.41) is 24.8. The zero-order valence-electron chi connectivity index (χ0n) is 39.9. The van der Waals surface area contributed by atoms with Crippen LogP contribution in [0.4, 0.5) is 16.6 Å². The van der Waals surface area contributed by atoms with Crippen molar-refractivity contribution < 1.29 is 33.8 Å². The molecule has 0 radical (unpaired) electrons. The van der Waals surface area contributed by atoms with E-state index < -0.39 is 11.9 Å². The number of pyridine rings is 1. The van der Waals surface area contributed by atoms with E-state index in [2.05, 4.69) is 37.9 Å². The molecule has 0 bridgehead atoms. The molecule has 3 aromatic heterocycles. The van der Waals surface area contributed by atoms with Gasteiger partial charge in [0, 0.05) is 54.8 Å². The number of para-hydroxylation sites is 1. The number of piperidine rings is 2. The van der Waals surface area contributed by atoms with E-state index in [1.54, 1.807) is 4.68 Å². The van der Waals surface area contributed by atoms with Gasteiger partial charge in [-0.05, 0) is 148 Å². The summed E-state index contributed by atoms with van der Waals surface area (Å²) in [4.78, 5) is 77.3. The van der Waals surface area contributed by atoms with Crippen molar-refractivity contribution >= 4 is 78.7 Å². The highest BCUT2D eigenvalue weighted by Crippen LogP contribution is 2.35. The number of anilines is 3. The van der Waals surface area contributed by atoms with Gasteiger partial charge in [0.15, 0.2) is 10.8 Å². The highest BCUT2D eigenvalue weighted by atomic mass is 32.1. The van der Waals surface area contributed by atoms with Gasteiger partial charge in [-0.25, -0.2) is 14.8 Å². The normalized spacial score (nSPS) is 18.3. The third-order valence-corrected chi connectivity index (χ3v) is 15.1. The minimum absolute atomic E-state index is 0.0427. The molecule has 2 fully saturated rings. The third kappa shape index (κ3) is 10.1. The molecule has 10 rings (SSSR count). The predicted molar refractivity (Wildman–Crippen MR) is 273 cm³/mol. The predicted octanol–water partition coefficient (Wildman–Crippen LogP) is 8.49. The molecule has 3 atom stereocenters. The van der Waals surface area contributed by atoms with Gasteiger partial charge in [0.1, 0.15) is 11.6 Å². The van der Waals surface area contributed by atoms with Crippen LogP contribution in [-0.2, 0) is 34.4 Å². The first-order valence-corrected chi connectivity index (χ1v) is 25.0. The summed E-state index contributed by atoms with van der Waals surface area (Å²) >= 11 is 1.43. The molecule has 71 heavy (non-hydrogen) atoms. The topological polar surface area (TPSA) is 201 Å². The van der Waals surface area contributed by atoms with Crippen molar-refractivity contribution in [3.05, 3.63) is 125 Å². The Hall–Kier alpha value is -7.50. The Morgan fingerprint density at radius 1 is 0.915 bits per heavy atom. The number of hydrogen-bond donors (Lipinski definition) is 4. The molecule has 3 aliphatic rings. The van der Waals surface area contributed by atoms with Gasteiger partial charge in [0.25, 0.3) is 5.91 Å². The smallest absolute Gasteiger partial charge is 0.355 e. The van der Waals surface area contributed by atoms with Crippen molar-refractivity contribution in [3.63, 3.8) is 0 Å². The number of imide groups is 1. The SMILES string of the molecule is Cc1cc(OCCC[C@H]2CCN(CC(=O)Nc3ccc4c(C5CCC(=O)NC5=O)nn(C)c4c3)[C@@H](C)C2)ccc1-c1ccc(N2CCc3cccc(C(=O)Nc4nc5ccccc5s4)c3C2)nc1C(=O)O. The molecule has 0 aliphatic carbocycles. The number of amides is 4. The van der Waals surface area contributed by atoms with Crippen LogP contribution in [0.25, 0.3) is 32.2 Å². The summed E-state index contributed by atoms with van der Waals surface area (Å²) < 4.78 is 8.91. The van der Waals surface area contributed by atoms with Crippen LogP contribution in [0.15, 0.2) is 91.0 Å². The first-order valence-electron chi connectivity index (χ1n) is 24.2. The maximum Gasteiger partial charge on any atom is 0.355 e. The van der Waals surface area contributed by atoms with Crippen LogP contribution in [0.5, 0.6) is 5.75 Å². The minimum atomic E-state index is -1.12. The highest BCUT2D eigenvalue weighted by Gasteiger charge is 2.32. The number of nitrogens with zero attached hydrogens (tertiary/aromatic N) is 6. The number of aromatic nitrogens is 4. The fourth-order valence-corrected chi connectivity index (χ4v) is 11.3. The molecule has 2 saturated heterocycles. The Labute approximate surface area is 414 Å². The molecule has 1 unspecified atom stereocenters. The number of carbonyl (C=O) groups is 5. The van der Waals surface area contributed by atoms with Gasteiger partial charge in [-0.1, -0.05) is 41.7 Å². The molecule has 4 N–H and O–H groups in total. The van der Waals surface area contributed by atoms with Gasteiger partial charge in [0.2, 0.25) is 17.7 Å². The number of nitrogens with one attached hydrogen (secondary N) is 3. The second kappa shape index (κ2) is 20.1. The van der Waals surface area contributed by atoms with Gasteiger partial charge < -0.3 is 20.1 Å². The lowest BCUT2D eigenvalue weighted by atomic mass is 9.88. The Balaban J connectivity index is 0.701. The zero-order valence-corrected chi connectivity index (χ0v) is 40.7. The van der Waals surface area contributed by atoms with Gasteiger partial charge in [-0.3, -0.25) is 39.4 Å². The fourth-order valence-electron chi connectivity index (χ4n) is 10.4. The van der Waals surface area contributed by atoms with E-state index >= 15 is 0 Å². The van der Waals surface area contributed by atoms with E-state index in [-0.39, 0.29) is 48.3 Å². The number of likely N-dealkylation sites (tertiary alicyclic amines) is 1. The van der Waals surface area contributed by atoms with E-state index in [1.807, 2.05) is 110 Å². The molecule has 4 amide bonds. The number of fused-ring (bicyclic) bond motifs is 3. The Morgan fingerprint density at radius 2 is 1.76 bits per heavy atom. The number of aryl methyl sites for hydroxylation is 2. The molecule has 3 aliphatic heterocycles. The van der Waals surface area contributed by atoms with Gasteiger partial charge in [-0.15, -0.1) is 0 Å². The molecular weight excluding hydrogens is 919 g/mol. The van der Waals surface area contributed by atoms with E-state index in [1.165, 1.54) is 11.3 Å². The molecule has 17 heteroatoms. The van der Waals surface area contributed by atoms with Crippen LogP contribution < -0.4 is 25.6 Å². The number of carboxylic acids is 1. The summed E-state index contributed by atoms with van der Waals surface area (Å²) in [6, 6.07) is 28.7. The number of ether oxygens (including phenoxy) is 1. The summed E-state index contributed by atoms with van der Waals surface area (Å²) in [5.74, 6) is -0.775. The van der Waals surface area contributed by atoms with Crippen LogP contribution in [0.3, 0.4) is 0 Å². The summed E-state index contributed by atoms with van der Waals surface area (Å²) in [5.41, 5.74) is 7.54. The number of rotatable bonds is 14. The number of carboxylic acid groups (broad SMARTS) is 1. The maximum absolute atomic E-state index is 13.6. The minimum Gasteiger partial charge on any atom is -0.494 e. The Morgan fingerprint density at radius 3 is 2.56 bits per heavy atom. The number of thiazole rings is 1. The first kappa shape index (κ1) is 47.2.